The fraction of sp³-hybridized carbons (Fsp3) is 0.316. The summed E-state index contributed by atoms with van der Waals surface area (Å²) in [4.78, 5) is 30.5. The molecule has 0 heterocycles. The molecule has 8 nitrogen and oxygen atoms in total. The van der Waals surface area contributed by atoms with E-state index >= 15 is 0 Å². The van der Waals surface area contributed by atoms with E-state index < -0.39 is 28.5 Å². The maximum atomic E-state index is 14.7. The van der Waals surface area contributed by atoms with Gasteiger partial charge < -0.3 is 15.0 Å². The van der Waals surface area contributed by atoms with Crippen LogP contribution in [-0.2, 0) is 32.6 Å². The highest BCUT2D eigenvalue weighted by Crippen LogP contribution is 2.29. The number of sulfonamides is 1. The Bertz CT molecular complexity index is 1790. The van der Waals surface area contributed by atoms with Crippen molar-refractivity contribution in [3.05, 3.63) is 125 Å². The summed E-state index contributed by atoms with van der Waals surface area (Å²) in [5.41, 5.74) is 2.67. The normalized spacial score (nSPS) is 14.1. The van der Waals surface area contributed by atoms with Crippen molar-refractivity contribution in [1.29, 1.82) is 0 Å². The summed E-state index contributed by atoms with van der Waals surface area (Å²) in [6.07, 6.45) is 5.18. The molecule has 0 aromatic heterocycles. The van der Waals surface area contributed by atoms with Crippen LogP contribution in [-0.4, -0.2) is 50.9 Å². The number of aryl methyl sites for hydroxylation is 1. The summed E-state index contributed by atoms with van der Waals surface area (Å²) >= 11 is 6.61. The average Bonchev–Trinajstić information content (AvgIpc) is 3.10. The van der Waals surface area contributed by atoms with Gasteiger partial charge in [0.2, 0.25) is 11.8 Å². The van der Waals surface area contributed by atoms with E-state index in [1.54, 1.807) is 48.5 Å². The largest absolute Gasteiger partial charge is 0.497 e. The second-order valence-electron chi connectivity index (χ2n) is 12.2. The molecule has 1 atom stereocenters. The molecule has 0 spiro atoms. The van der Waals surface area contributed by atoms with Crippen LogP contribution in [0.2, 0.25) is 5.02 Å². The molecular formula is C38H42ClN3O5S. The first-order valence-corrected chi connectivity index (χ1v) is 18.1. The van der Waals surface area contributed by atoms with Crippen LogP contribution in [0.3, 0.4) is 0 Å². The Balaban J connectivity index is 1.58. The van der Waals surface area contributed by atoms with Gasteiger partial charge in [0, 0.05) is 30.1 Å². The summed E-state index contributed by atoms with van der Waals surface area (Å²) in [5.74, 6) is -0.389. The summed E-state index contributed by atoms with van der Waals surface area (Å²) in [6.45, 7) is 1.32. The summed E-state index contributed by atoms with van der Waals surface area (Å²) in [6, 6.07) is 28.8. The number of ether oxygens (including phenoxy) is 1. The molecule has 1 fully saturated rings. The van der Waals surface area contributed by atoms with Crippen molar-refractivity contribution in [2.75, 3.05) is 18.0 Å². The molecule has 252 valence electrons. The van der Waals surface area contributed by atoms with Gasteiger partial charge in [0.15, 0.2) is 0 Å². The van der Waals surface area contributed by atoms with Crippen molar-refractivity contribution in [2.24, 2.45) is 0 Å². The number of nitrogens with one attached hydrogen (secondary N) is 1. The first-order chi connectivity index (χ1) is 23.2. The predicted octanol–water partition coefficient (Wildman–Crippen LogP) is 6.94. The third-order valence-corrected chi connectivity index (χ3v) is 10.9. The molecule has 0 saturated heterocycles. The van der Waals surface area contributed by atoms with Gasteiger partial charge in [-0.05, 0) is 61.2 Å². The van der Waals surface area contributed by atoms with Crippen LogP contribution in [0.4, 0.5) is 5.69 Å². The fourth-order valence-corrected chi connectivity index (χ4v) is 7.64. The number of methoxy groups -OCH3 is 1. The molecule has 10 heteroatoms. The quantitative estimate of drug-likeness (QED) is 0.164. The molecule has 4 aromatic rings. The fourth-order valence-electron chi connectivity index (χ4n) is 6.04. The minimum absolute atomic E-state index is 0.00459. The molecule has 0 bridgehead atoms. The molecule has 1 saturated carbocycles. The molecule has 1 aliphatic rings. The number of amides is 2. The van der Waals surface area contributed by atoms with Crippen molar-refractivity contribution in [2.45, 2.75) is 69.0 Å². The SMILES string of the molecule is COc1cccc(N(CC(=O)N(Cc2ccccc2Cl)C(Cc2ccccc2)C(=O)NC2CCCCC2)S(=O)(=O)c2ccc(C)cc2)c1. The van der Waals surface area contributed by atoms with Crippen molar-refractivity contribution in [3.63, 3.8) is 0 Å². The highest BCUT2D eigenvalue weighted by molar-refractivity contribution is 7.92. The molecule has 2 amide bonds. The minimum atomic E-state index is -4.23. The van der Waals surface area contributed by atoms with Gasteiger partial charge in [-0.1, -0.05) is 103 Å². The number of anilines is 1. The lowest BCUT2D eigenvalue weighted by Crippen LogP contribution is -2.55. The van der Waals surface area contributed by atoms with Crippen LogP contribution < -0.4 is 14.4 Å². The molecule has 0 aliphatic heterocycles. The number of carbonyl (C=O) groups excluding carboxylic acids is 2. The minimum Gasteiger partial charge on any atom is -0.497 e. The Hall–Kier alpha value is -4.34. The van der Waals surface area contributed by atoms with Crippen LogP contribution in [0.1, 0.15) is 48.8 Å². The zero-order valence-electron chi connectivity index (χ0n) is 27.3. The third-order valence-electron chi connectivity index (χ3n) is 8.75. The van der Waals surface area contributed by atoms with Gasteiger partial charge in [-0.3, -0.25) is 13.9 Å². The summed E-state index contributed by atoms with van der Waals surface area (Å²) in [7, 11) is -2.74. The highest BCUT2D eigenvalue weighted by Gasteiger charge is 2.35. The van der Waals surface area contributed by atoms with E-state index in [9.17, 15) is 18.0 Å². The van der Waals surface area contributed by atoms with Crippen LogP contribution in [0, 0.1) is 6.92 Å². The van der Waals surface area contributed by atoms with E-state index in [1.807, 2.05) is 49.4 Å². The molecule has 0 radical (unpaired) electrons. The molecule has 1 aliphatic carbocycles. The number of nitrogens with zero attached hydrogens (tertiary/aromatic N) is 2. The second-order valence-corrected chi connectivity index (χ2v) is 14.5. The lowest BCUT2D eigenvalue weighted by atomic mass is 9.94. The van der Waals surface area contributed by atoms with Gasteiger partial charge in [0.05, 0.1) is 17.7 Å². The first kappa shape index (κ1) is 35.0. The molecule has 1 N–H and O–H groups in total. The molecule has 48 heavy (non-hydrogen) atoms. The summed E-state index contributed by atoms with van der Waals surface area (Å²) < 4.78 is 35.1. The van der Waals surface area contributed by atoms with Gasteiger partial charge in [0.25, 0.3) is 10.0 Å². The monoisotopic (exact) mass is 687 g/mol. The third kappa shape index (κ3) is 8.76. The predicted molar refractivity (Wildman–Crippen MR) is 190 cm³/mol. The smallest absolute Gasteiger partial charge is 0.264 e. The Morgan fingerprint density at radius 3 is 2.27 bits per heavy atom. The van der Waals surface area contributed by atoms with Crippen LogP contribution >= 0.6 is 11.6 Å². The Morgan fingerprint density at radius 1 is 0.896 bits per heavy atom. The molecule has 4 aromatic carbocycles. The average molecular weight is 688 g/mol. The molecule has 1 unspecified atom stereocenters. The Morgan fingerprint density at radius 2 is 1.58 bits per heavy atom. The zero-order valence-corrected chi connectivity index (χ0v) is 28.9. The van der Waals surface area contributed by atoms with Gasteiger partial charge in [-0.2, -0.15) is 0 Å². The summed E-state index contributed by atoms with van der Waals surface area (Å²) in [5, 5.41) is 3.67. The van der Waals surface area contributed by atoms with Crippen molar-refractivity contribution in [3.8, 4) is 5.75 Å². The van der Waals surface area contributed by atoms with E-state index in [2.05, 4.69) is 5.32 Å². The first-order valence-electron chi connectivity index (χ1n) is 16.3. The molecular weight excluding hydrogens is 646 g/mol. The number of benzene rings is 4. The number of halogens is 1. The van der Waals surface area contributed by atoms with Gasteiger partial charge in [0.1, 0.15) is 18.3 Å². The van der Waals surface area contributed by atoms with Crippen LogP contribution in [0.25, 0.3) is 0 Å². The van der Waals surface area contributed by atoms with Gasteiger partial charge in [-0.25, -0.2) is 8.42 Å². The zero-order chi connectivity index (χ0) is 34.1. The van der Waals surface area contributed by atoms with Gasteiger partial charge >= 0.3 is 0 Å². The van der Waals surface area contributed by atoms with Crippen molar-refractivity contribution >= 4 is 39.1 Å². The number of rotatable bonds is 13. The lowest BCUT2D eigenvalue weighted by molar-refractivity contribution is -0.140. The lowest BCUT2D eigenvalue weighted by Gasteiger charge is -2.35. The van der Waals surface area contributed by atoms with E-state index in [0.717, 1.165) is 47.5 Å². The van der Waals surface area contributed by atoms with Crippen molar-refractivity contribution in [1.82, 2.24) is 10.2 Å². The number of hydrogen-bond donors (Lipinski definition) is 1. The topological polar surface area (TPSA) is 96.0 Å². The van der Waals surface area contributed by atoms with E-state index in [0.29, 0.717) is 16.3 Å². The van der Waals surface area contributed by atoms with Crippen LogP contribution in [0.15, 0.2) is 108 Å². The van der Waals surface area contributed by atoms with Gasteiger partial charge in [-0.15, -0.1) is 0 Å². The maximum absolute atomic E-state index is 14.7. The van der Waals surface area contributed by atoms with E-state index in [4.69, 9.17) is 16.3 Å². The van der Waals surface area contributed by atoms with Crippen LogP contribution in [0.5, 0.6) is 5.75 Å². The van der Waals surface area contributed by atoms with Crippen molar-refractivity contribution < 1.29 is 22.7 Å². The van der Waals surface area contributed by atoms with E-state index in [1.165, 1.54) is 24.1 Å². The maximum Gasteiger partial charge on any atom is 0.264 e. The highest BCUT2D eigenvalue weighted by atomic mass is 35.5. The Labute approximate surface area is 288 Å². The Kier molecular flexibility index (Phi) is 11.8. The standard InChI is InChI=1S/C38H42ClN3O5S/c1-28-20-22-34(23-21-28)48(45,46)42(32-17-11-18-33(25-32)47-2)27-37(43)41(26-30-14-9-10-19-35(30)39)36(24-29-12-5-3-6-13-29)38(44)40-31-15-7-4-8-16-31/h3,5-6,9-14,17-23,25,31,36H,4,7-8,15-16,24,26-27H2,1-2H3,(H,40,44). The number of hydrogen-bond acceptors (Lipinski definition) is 5. The molecule has 5 rings (SSSR count). The number of carbonyl (C=O) groups is 2. The van der Waals surface area contributed by atoms with E-state index in [-0.39, 0.29) is 35.5 Å². The second kappa shape index (κ2) is 16.2.